The topological polar surface area (TPSA) is 100 Å². The van der Waals surface area contributed by atoms with Crippen molar-refractivity contribution in [3.8, 4) is 0 Å². The Balaban J connectivity index is 2.57. The molecule has 0 bridgehead atoms. The van der Waals surface area contributed by atoms with Crippen molar-refractivity contribution in [2.45, 2.75) is 52.7 Å². The molecule has 1 heterocycles. The maximum absolute atomic E-state index is 12.1. The summed E-state index contributed by atoms with van der Waals surface area (Å²) in [6, 6.07) is -0.115. The average Bonchev–Trinajstić information content (AvgIpc) is 2.80. The van der Waals surface area contributed by atoms with Gasteiger partial charge in [-0.15, -0.1) is 0 Å². The largest absolute Gasteiger partial charge is 0.444 e. The summed E-state index contributed by atoms with van der Waals surface area (Å²) in [5, 5.41) is 6.26. The van der Waals surface area contributed by atoms with E-state index in [4.69, 9.17) is 4.74 Å². The van der Waals surface area contributed by atoms with Gasteiger partial charge in [-0.25, -0.2) is 13.2 Å². The highest BCUT2D eigenvalue weighted by Gasteiger charge is 2.28. The number of ether oxygens (including phenoxy) is 1. The second-order valence-corrected chi connectivity index (χ2v) is 9.29. The van der Waals surface area contributed by atoms with E-state index >= 15 is 0 Å². The quantitative estimate of drug-likeness (QED) is 0.530. The highest BCUT2D eigenvalue weighted by Crippen LogP contribution is 2.11. The number of rotatable bonds is 6. The third-order valence-electron chi connectivity index (χ3n) is 3.59. The van der Waals surface area contributed by atoms with Gasteiger partial charge in [-0.1, -0.05) is 0 Å². The molecule has 146 valence electrons. The van der Waals surface area contributed by atoms with Crippen molar-refractivity contribution in [1.82, 2.24) is 15.5 Å². The van der Waals surface area contributed by atoms with Gasteiger partial charge in [0.1, 0.15) is 5.60 Å². The molecule has 0 aliphatic carbocycles. The Morgan fingerprint density at radius 3 is 2.48 bits per heavy atom. The van der Waals surface area contributed by atoms with Gasteiger partial charge in [0.15, 0.2) is 15.8 Å². The molecule has 1 aliphatic rings. The molecule has 1 rings (SSSR count). The molecule has 1 saturated heterocycles. The molecular formula is C16H32N4O4S. The summed E-state index contributed by atoms with van der Waals surface area (Å²) in [5.41, 5.74) is -0.530. The number of hydrogen-bond acceptors (Lipinski definition) is 5. The third-order valence-corrected chi connectivity index (χ3v) is 5.36. The minimum Gasteiger partial charge on any atom is -0.444 e. The van der Waals surface area contributed by atoms with Crippen LogP contribution in [-0.4, -0.2) is 74.7 Å². The van der Waals surface area contributed by atoms with Crippen LogP contribution in [0.15, 0.2) is 4.99 Å². The Hall–Kier alpha value is -1.51. The number of carbonyl (C=O) groups excluding carboxylic acids is 1. The van der Waals surface area contributed by atoms with Crippen LogP contribution in [0.25, 0.3) is 0 Å². The smallest absolute Gasteiger partial charge is 0.410 e. The van der Waals surface area contributed by atoms with Crippen LogP contribution >= 0.6 is 0 Å². The molecule has 0 saturated carbocycles. The van der Waals surface area contributed by atoms with Gasteiger partial charge in [0, 0.05) is 25.7 Å². The highest BCUT2D eigenvalue weighted by atomic mass is 32.2. The zero-order valence-electron chi connectivity index (χ0n) is 16.0. The molecule has 25 heavy (non-hydrogen) atoms. The van der Waals surface area contributed by atoms with Crippen molar-refractivity contribution in [3.05, 3.63) is 0 Å². The van der Waals surface area contributed by atoms with Crippen LogP contribution in [0, 0.1) is 0 Å². The lowest BCUT2D eigenvalue weighted by molar-refractivity contribution is 0.0266. The third kappa shape index (κ3) is 8.42. The molecule has 1 aliphatic heterocycles. The lowest BCUT2D eigenvalue weighted by atomic mass is 10.2. The van der Waals surface area contributed by atoms with E-state index in [1.807, 2.05) is 34.6 Å². The van der Waals surface area contributed by atoms with Crippen molar-refractivity contribution in [2.24, 2.45) is 4.99 Å². The predicted octanol–water partition coefficient (Wildman–Crippen LogP) is 0.986. The SMILES string of the molecule is CCNC(=NCCN(CC)C(=O)OC(C)(C)C)NC1CCS(=O)(=O)C1. The van der Waals surface area contributed by atoms with Gasteiger partial charge in [-0.2, -0.15) is 0 Å². The number of hydrogen-bond donors (Lipinski definition) is 2. The minimum atomic E-state index is -2.94. The molecule has 8 nitrogen and oxygen atoms in total. The summed E-state index contributed by atoms with van der Waals surface area (Å²) in [6.45, 7) is 11.4. The fourth-order valence-electron chi connectivity index (χ4n) is 2.41. The number of sulfone groups is 1. The van der Waals surface area contributed by atoms with E-state index in [2.05, 4.69) is 15.6 Å². The lowest BCUT2D eigenvalue weighted by Crippen LogP contribution is -2.44. The summed E-state index contributed by atoms with van der Waals surface area (Å²) in [7, 11) is -2.94. The first-order chi connectivity index (χ1) is 11.6. The van der Waals surface area contributed by atoms with Gasteiger partial charge < -0.3 is 20.3 Å². The maximum atomic E-state index is 12.1. The molecule has 0 aromatic rings. The van der Waals surface area contributed by atoms with E-state index < -0.39 is 15.4 Å². The lowest BCUT2D eigenvalue weighted by Gasteiger charge is -2.26. The van der Waals surface area contributed by atoms with Crippen molar-refractivity contribution >= 4 is 21.9 Å². The number of guanidine groups is 1. The van der Waals surface area contributed by atoms with Gasteiger partial charge in [0.25, 0.3) is 0 Å². The minimum absolute atomic E-state index is 0.115. The Kier molecular flexibility index (Phi) is 7.98. The highest BCUT2D eigenvalue weighted by molar-refractivity contribution is 7.91. The summed E-state index contributed by atoms with van der Waals surface area (Å²) in [4.78, 5) is 18.1. The molecule has 1 unspecified atom stereocenters. The van der Waals surface area contributed by atoms with Crippen LogP contribution in [-0.2, 0) is 14.6 Å². The van der Waals surface area contributed by atoms with Crippen LogP contribution in [0.3, 0.4) is 0 Å². The zero-order valence-corrected chi connectivity index (χ0v) is 16.8. The van der Waals surface area contributed by atoms with Gasteiger partial charge in [0.2, 0.25) is 0 Å². The molecule has 9 heteroatoms. The second-order valence-electron chi connectivity index (χ2n) is 7.06. The Bertz CT molecular complexity index is 569. The molecule has 0 radical (unpaired) electrons. The van der Waals surface area contributed by atoms with Gasteiger partial charge in [0.05, 0.1) is 18.1 Å². The fraction of sp³-hybridized carbons (Fsp3) is 0.875. The number of nitrogens with one attached hydrogen (secondary N) is 2. The van der Waals surface area contributed by atoms with Gasteiger partial charge >= 0.3 is 6.09 Å². The van der Waals surface area contributed by atoms with E-state index in [1.54, 1.807) is 4.90 Å². The number of carbonyl (C=O) groups is 1. The number of amides is 1. The first-order valence-electron chi connectivity index (χ1n) is 8.79. The van der Waals surface area contributed by atoms with Crippen molar-refractivity contribution in [2.75, 3.05) is 37.7 Å². The van der Waals surface area contributed by atoms with E-state index in [-0.39, 0.29) is 23.6 Å². The van der Waals surface area contributed by atoms with Crippen LogP contribution < -0.4 is 10.6 Å². The monoisotopic (exact) mass is 376 g/mol. The molecule has 0 spiro atoms. The fourth-order valence-corrected chi connectivity index (χ4v) is 4.08. The molecule has 1 amide bonds. The first-order valence-corrected chi connectivity index (χ1v) is 10.6. The Labute approximate surface area is 151 Å². The predicted molar refractivity (Wildman–Crippen MR) is 99.7 cm³/mol. The molecule has 1 fully saturated rings. The van der Waals surface area contributed by atoms with Crippen molar-refractivity contribution in [3.63, 3.8) is 0 Å². The van der Waals surface area contributed by atoms with Gasteiger partial charge in [-0.05, 0) is 41.0 Å². The average molecular weight is 377 g/mol. The molecular weight excluding hydrogens is 344 g/mol. The van der Waals surface area contributed by atoms with Crippen LogP contribution in [0.2, 0.25) is 0 Å². The Morgan fingerprint density at radius 1 is 1.32 bits per heavy atom. The zero-order chi connectivity index (χ0) is 19.1. The van der Waals surface area contributed by atoms with Crippen molar-refractivity contribution in [1.29, 1.82) is 0 Å². The molecule has 0 aromatic carbocycles. The summed E-state index contributed by atoms with van der Waals surface area (Å²) < 4.78 is 28.5. The van der Waals surface area contributed by atoms with E-state index in [9.17, 15) is 13.2 Å². The van der Waals surface area contributed by atoms with Crippen LogP contribution in [0.1, 0.15) is 41.0 Å². The van der Waals surface area contributed by atoms with Crippen LogP contribution in [0.4, 0.5) is 4.79 Å². The van der Waals surface area contributed by atoms with Gasteiger partial charge in [-0.3, -0.25) is 4.99 Å². The second kappa shape index (κ2) is 9.26. The Morgan fingerprint density at radius 2 is 2.00 bits per heavy atom. The van der Waals surface area contributed by atoms with Crippen LogP contribution in [0.5, 0.6) is 0 Å². The first kappa shape index (κ1) is 21.5. The summed E-state index contributed by atoms with van der Waals surface area (Å²) in [6.07, 6.45) is 0.233. The standard InChI is InChI=1S/C16H32N4O4S/c1-6-17-14(19-13-8-11-25(22,23)12-13)18-9-10-20(7-2)15(21)24-16(3,4)5/h13H,6-12H2,1-5H3,(H2,17,18,19). The number of nitrogens with zero attached hydrogens (tertiary/aromatic N) is 2. The summed E-state index contributed by atoms with van der Waals surface area (Å²) in [5.74, 6) is 0.924. The van der Waals surface area contributed by atoms with E-state index in [0.717, 1.165) is 0 Å². The maximum Gasteiger partial charge on any atom is 0.410 e. The molecule has 0 aromatic heterocycles. The summed E-state index contributed by atoms with van der Waals surface area (Å²) >= 11 is 0. The van der Waals surface area contributed by atoms with E-state index in [0.29, 0.717) is 38.6 Å². The normalized spacial score (nSPS) is 20.2. The molecule has 2 N–H and O–H groups in total. The number of likely N-dealkylation sites (N-methyl/N-ethyl adjacent to an activating group) is 1. The molecule has 1 atom stereocenters. The van der Waals surface area contributed by atoms with Crippen molar-refractivity contribution < 1.29 is 17.9 Å². The number of aliphatic imine (C=N–C) groups is 1. The van der Waals surface area contributed by atoms with E-state index in [1.165, 1.54) is 0 Å².